The molecule has 204 valence electrons. The van der Waals surface area contributed by atoms with E-state index in [4.69, 9.17) is 9.94 Å². The fourth-order valence-electron chi connectivity index (χ4n) is 8.60. The van der Waals surface area contributed by atoms with Gasteiger partial charge in [0.1, 0.15) is 5.71 Å². The van der Waals surface area contributed by atoms with Gasteiger partial charge >= 0.3 is 5.97 Å². The van der Waals surface area contributed by atoms with Crippen LogP contribution in [0.25, 0.3) is 0 Å². The number of carboxylic acids is 1. The van der Waals surface area contributed by atoms with E-state index in [-0.39, 0.29) is 29.3 Å². The minimum Gasteiger partial charge on any atom is -0.481 e. The number of rotatable bonds is 6. The van der Waals surface area contributed by atoms with Gasteiger partial charge in [0.25, 0.3) is 5.91 Å². The molecule has 6 atom stereocenters. The average molecular weight is 513 g/mol. The van der Waals surface area contributed by atoms with Crippen LogP contribution in [0.5, 0.6) is 0 Å². The number of hydrogen-bond donors (Lipinski definition) is 3. The lowest BCUT2D eigenvalue weighted by Crippen LogP contribution is -2.53. The second kappa shape index (κ2) is 9.87. The van der Waals surface area contributed by atoms with E-state index in [0.717, 1.165) is 50.7 Å². The molecule has 4 fully saturated rings. The summed E-state index contributed by atoms with van der Waals surface area (Å²) in [5, 5.41) is 27.4. The molecule has 4 saturated carbocycles. The zero-order valence-electron chi connectivity index (χ0n) is 22.7. The number of allylic oxidation sites excluding steroid dienone is 4. The zero-order chi connectivity index (χ0) is 26.4. The summed E-state index contributed by atoms with van der Waals surface area (Å²) in [5.74, 6) is 1.03. The van der Waals surface area contributed by atoms with E-state index >= 15 is 0 Å². The van der Waals surface area contributed by atoms with Gasteiger partial charge < -0.3 is 20.4 Å². The molecule has 0 aromatic rings. The Morgan fingerprint density at radius 3 is 2.51 bits per heavy atom. The summed E-state index contributed by atoms with van der Waals surface area (Å²) in [4.78, 5) is 28.7. The Kier molecular flexibility index (Phi) is 7.05. The average Bonchev–Trinajstić information content (AvgIpc) is 3.11. The number of fused-ring (bicyclic) bond motifs is 5. The summed E-state index contributed by atoms with van der Waals surface area (Å²) in [6, 6.07) is 0. The fraction of sp³-hybridized carbons (Fsp3) is 0.767. The maximum absolute atomic E-state index is 12.2. The van der Waals surface area contributed by atoms with Crippen molar-refractivity contribution in [3.8, 4) is 0 Å². The summed E-state index contributed by atoms with van der Waals surface area (Å²) in [7, 11) is 0. The summed E-state index contributed by atoms with van der Waals surface area (Å²) >= 11 is 0. The van der Waals surface area contributed by atoms with Gasteiger partial charge in [0, 0.05) is 12.0 Å². The van der Waals surface area contributed by atoms with E-state index in [2.05, 4.69) is 43.4 Å². The molecule has 7 heteroatoms. The number of carbonyl (C=O) groups excluding carboxylic acids is 1. The van der Waals surface area contributed by atoms with Crippen molar-refractivity contribution in [1.29, 1.82) is 0 Å². The van der Waals surface area contributed by atoms with Crippen LogP contribution in [0.1, 0.15) is 85.0 Å². The molecule has 0 aromatic heterocycles. The molecule has 0 radical (unpaired) electrons. The number of hydrogen-bond acceptors (Lipinski definition) is 5. The van der Waals surface area contributed by atoms with Crippen LogP contribution in [-0.2, 0) is 14.4 Å². The molecule has 1 amide bonds. The number of carboxylic acid groups (broad SMARTS) is 1. The van der Waals surface area contributed by atoms with Gasteiger partial charge in [-0.1, -0.05) is 30.7 Å². The van der Waals surface area contributed by atoms with Gasteiger partial charge in [-0.2, -0.15) is 0 Å². The molecule has 5 rings (SSSR count). The maximum atomic E-state index is 12.2. The monoisotopic (exact) mass is 512 g/mol. The number of aliphatic hydroxyl groups is 1. The molecular weight excluding hydrogens is 468 g/mol. The Hall–Kier alpha value is -2.15. The molecule has 0 spiro atoms. The third kappa shape index (κ3) is 4.77. The molecule has 0 heterocycles. The van der Waals surface area contributed by atoms with E-state index < -0.39 is 11.6 Å². The van der Waals surface area contributed by atoms with E-state index in [1.54, 1.807) is 0 Å². The first-order valence-corrected chi connectivity index (χ1v) is 14.4. The fourth-order valence-corrected chi connectivity index (χ4v) is 8.60. The van der Waals surface area contributed by atoms with Gasteiger partial charge in [-0.3, -0.25) is 9.59 Å². The van der Waals surface area contributed by atoms with Gasteiger partial charge in [0.15, 0.2) is 6.61 Å². The SMILES string of the molecule is C[C@]12C=C/C(=N\OCC(=O)NCC3CCC(C(=O)O)CC3)C=C1CCC1C2CC[C@@]2(C)C1CC[C@]2(C)O. The van der Waals surface area contributed by atoms with Crippen molar-refractivity contribution in [3.63, 3.8) is 0 Å². The number of aliphatic carboxylic acids is 1. The number of oxime groups is 1. The quantitative estimate of drug-likeness (QED) is 0.441. The maximum Gasteiger partial charge on any atom is 0.306 e. The van der Waals surface area contributed by atoms with E-state index in [9.17, 15) is 14.7 Å². The molecule has 0 saturated heterocycles. The van der Waals surface area contributed by atoms with Crippen molar-refractivity contribution in [2.75, 3.05) is 13.2 Å². The Labute approximate surface area is 220 Å². The lowest BCUT2D eigenvalue weighted by atomic mass is 9.47. The molecule has 37 heavy (non-hydrogen) atoms. The highest BCUT2D eigenvalue weighted by atomic mass is 16.6. The van der Waals surface area contributed by atoms with Crippen molar-refractivity contribution in [3.05, 3.63) is 23.8 Å². The molecule has 0 bridgehead atoms. The molecule has 0 aromatic carbocycles. The Morgan fingerprint density at radius 2 is 1.78 bits per heavy atom. The topological polar surface area (TPSA) is 108 Å². The minimum absolute atomic E-state index is 0.0226. The second-order valence-electron chi connectivity index (χ2n) is 13.1. The van der Waals surface area contributed by atoms with Crippen LogP contribution in [0.3, 0.4) is 0 Å². The number of nitrogens with zero attached hydrogens (tertiary/aromatic N) is 1. The molecule has 5 aliphatic rings. The van der Waals surface area contributed by atoms with Crippen LogP contribution >= 0.6 is 0 Å². The smallest absolute Gasteiger partial charge is 0.306 e. The predicted octanol–water partition coefficient (Wildman–Crippen LogP) is 4.86. The summed E-state index contributed by atoms with van der Waals surface area (Å²) in [6.07, 6.45) is 16.0. The third-order valence-corrected chi connectivity index (χ3v) is 11.3. The molecule has 3 N–H and O–H groups in total. The largest absolute Gasteiger partial charge is 0.481 e. The van der Waals surface area contributed by atoms with Crippen LogP contribution in [0, 0.1) is 40.4 Å². The first kappa shape index (κ1) is 26.5. The van der Waals surface area contributed by atoms with Crippen LogP contribution in [-0.4, -0.2) is 46.6 Å². The highest BCUT2D eigenvalue weighted by Crippen LogP contribution is 2.66. The van der Waals surface area contributed by atoms with Crippen LogP contribution in [0.15, 0.2) is 29.0 Å². The highest BCUT2D eigenvalue weighted by Gasteiger charge is 2.61. The Morgan fingerprint density at radius 1 is 1.05 bits per heavy atom. The lowest BCUT2D eigenvalue weighted by molar-refractivity contribution is -0.143. The van der Waals surface area contributed by atoms with Crippen LogP contribution in [0.4, 0.5) is 0 Å². The molecule has 3 unspecified atom stereocenters. The Bertz CT molecular complexity index is 1010. The van der Waals surface area contributed by atoms with Crippen molar-refractivity contribution in [2.45, 2.75) is 90.6 Å². The third-order valence-electron chi connectivity index (χ3n) is 11.3. The predicted molar refractivity (Wildman–Crippen MR) is 142 cm³/mol. The highest BCUT2D eigenvalue weighted by molar-refractivity contribution is 6.05. The van der Waals surface area contributed by atoms with E-state index in [1.807, 2.05) is 6.08 Å². The van der Waals surface area contributed by atoms with Crippen molar-refractivity contribution in [1.82, 2.24) is 5.32 Å². The van der Waals surface area contributed by atoms with Crippen molar-refractivity contribution in [2.24, 2.45) is 45.6 Å². The molecule has 5 aliphatic carbocycles. The van der Waals surface area contributed by atoms with Crippen LogP contribution in [0.2, 0.25) is 0 Å². The standard InChI is InChI=1S/C30H44N2O5/c1-28-13-10-22(32-37-18-26(33)31-17-19-4-6-20(7-5-19)27(34)35)16-21(28)8-9-23-24(28)11-14-29(2)25(23)12-15-30(29,3)36/h10,13,16,19-20,23-25,36H,4-9,11-12,14-15,17-18H2,1-3H3,(H,31,33)(H,34,35)/b32-22+/t19?,20?,23?,24?,25?,28-,29-,30-/m0/s1. The van der Waals surface area contributed by atoms with Gasteiger partial charge in [0.05, 0.1) is 11.5 Å². The second-order valence-corrected chi connectivity index (χ2v) is 13.1. The summed E-state index contributed by atoms with van der Waals surface area (Å²) in [6.45, 7) is 7.20. The van der Waals surface area contributed by atoms with Gasteiger partial charge in [-0.25, -0.2) is 0 Å². The summed E-state index contributed by atoms with van der Waals surface area (Å²) in [5.41, 5.74) is 1.67. The lowest BCUT2D eigenvalue weighted by Gasteiger charge is -2.58. The van der Waals surface area contributed by atoms with Crippen LogP contribution < -0.4 is 5.32 Å². The molecular formula is C30H44N2O5. The number of amides is 1. The minimum atomic E-state index is -0.708. The number of nitrogens with one attached hydrogen (secondary N) is 1. The molecule has 0 aliphatic heterocycles. The van der Waals surface area contributed by atoms with Gasteiger partial charge in [-0.05, 0) is 112 Å². The zero-order valence-corrected chi connectivity index (χ0v) is 22.7. The van der Waals surface area contributed by atoms with Gasteiger partial charge in [-0.15, -0.1) is 0 Å². The molecule has 7 nitrogen and oxygen atoms in total. The number of carbonyl (C=O) groups is 2. The normalized spacial score (nSPS) is 43.8. The first-order chi connectivity index (χ1) is 17.5. The van der Waals surface area contributed by atoms with E-state index in [1.165, 1.54) is 12.0 Å². The Balaban J connectivity index is 1.13. The van der Waals surface area contributed by atoms with Gasteiger partial charge in [0.2, 0.25) is 0 Å². The van der Waals surface area contributed by atoms with Crippen molar-refractivity contribution < 1.29 is 24.6 Å². The first-order valence-electron chi connectivity index (χ1n) is 14.4. The summed E-state index contributed by atoms with van der Waals surface area (Å²) < 4.78 is 0. The van der Waals surface area contributed by atoms with E-state index in [0.29, 0.717) is 43.1 Å². The van der Waals surface area contributed by atoms with Crippen molar-refractivity contribution >= 4 is 17.6 Å².